The number of ether oxygens (including phenoxy) is 1. The standard InChI is InChI=1S/C13H18N2O4S/c1-3-19-9-4-5-10(14)12(8-9)20(17,18)11-6-7-15(2)13(11)16/h4-5,8,11H,3,6-7,14H2,1-2H3. The van der Waals surface area contributed by atoms with Gasteiger partial charge in [-0.25, -0.2) is 8.42 Å². The van der Waals surface area contributed by atoms with Gasteiger partial charge >= 0.3 is 0 Å². The average molecular weight is 298 g/mol. The minimum Gasteiger partial charge on any atom is -0.494 e. The van der Waals surface area contributed by atoms with Gasteiger partial charge in [0, 0.05) is 19.7 Å². The summed E-state index contributed by atoms with van der Waals surface area (Å²) < 4.78 is 30.5. The number of sulfone groups is 1. The summed E-state index contributed by atoms with van der Waals surface area (Å²) in [4.78, 5) is 13.3. The lowest BCUT2D eigenvalue weighted by Crippen LogP contribution is -2.32. The summed E-state index contributed by atoms with van der Waals surface area (Å²) in [5, 5.41) is -1.05. The molecule has 1 amide bonds. The van der Waals surface area contributed by atoms with Crippen molar-refractivity contribution in [3.63, 3.8) is 0 Å². The number of hydrogen-bond donors (Lipinski definition) is 1. The van der Waals surface area contributed by atoms with Gasteiger partial charge in [0.05, 0.1) is 17.2 Å². The molecule has 1 aromatic carbocycles. The van der Waals surface area contributed by atoms with Crippen molar-refractivity contribution >= 4 is 21.4 Å². The molecular weight excluding hydrogens is 280 g/mol. The molecule has 1 aliphatic heterocycles. The minimum absolute atomic E-state index is 0.0305. The summed E-state index contributed by atoms with van der Waals surface area (Å²) in [5.74, 6) is 0.0466. The molecule has 0 spiro atoms. The Morgan fingerprint density at radius 2 is 2.15 bits per heavy atom. The first-order valence-electron chi connectivity index (χ1n) is 6.39. The number of anilines is 1. The zero-order valence-corrected chi connectivity index (χ0v) is 12.3. The fourth-order valence-corrected chi connectivity index (χ4v) is 4.09. The van der Waals surface area contributed by atoms with E-state index in [1.54, 1.807) is 20.0 Å². The second-order valence-corrected chi connectivity index (χ2v) is 6.81. The molecule has 1 fully saturated rings. The summed E-state index contributed by atoms with van der Waals surface area (Å²) in [5.41, 5.74) is 5.89. The van der Waals surface area contributed by atoms with E-state index in [4.69, 9.17) is 10.5 Å². The Hall–Kier alpha value is -1.76. The van der Waals surface area contributed by atoms with Crippen LogP contribution in [0.1, 0.15) is 13.3 Å². The van der Waals surface area contributed by atoms with Gasteiger partial charge in [0.2, 0.25) is 5.91 Å². The number of hydrogen-bond acceptors (Lipinski definition) is 5. The SMILES string of the molecule is CCOc1ccc(N)c(S(=O)(=O)C2CCN(C)C2=O)c1. The van der Waals surface area contributed by atoms with Crippen LogP contribution in [-0.2, 0) is 14.6 Å². The largest absolute Gasteiger partial charge is 0.494 e. The molecule has 110 valence electrons. The van der Waals surface area contributed by atoms with E-state index in [0.717, 1.165) is 0 Å². The predicted molar refractivity (Wildman–Crippen MR) is 75.3 cm³/mol. The van der Waals surface area contributed by atoms with Crippen LogP contribution in [0.15, 0.2) is 23.1 Å². The molecule has 7 heteroatoms. The fraction of sp³-hybridized carbons (Fsp3) is 0.462. The molecule has 1 heterocycles. The van der Waals surface area contributed by atoms with Gasteiger partial charge in [-0.15, -0.1) is 0 Å². The quantitative estimate of drug-likeness (QED) is 0.825. The Morgan fingerprint density at radius 3 is 2.70 bits per heavy atom. The van der Waals surface area contributed by atoms with Gasteiger partial charge in [0.25, 0.3) is 0 Å². The Kier molecular flexibility index (Phi) is 3.89. The zero-order chi connectivity index (χ0) is 14.9. The molecule has 2 rings (SSSR count). The van der Waals surface area contributed by atoms with Gasteiger partial charge in [-0.1, -0.05) is 0 Å². The highest BCUT2D eigenvalue weighted by atomic mass is 32.2. The summed E-state index contributed by atoms with van der Waals surface area (Å²) in [7, 11) is -2.19. The van der Waals surface area contributed by atoms with Crippen molar-refractivity contribution in [2.45, 2.75) is 23.5 Å². The van der Waals surface area contributed by atoms with E-state index < -0.39 is 15.1 Å². The number of rotatable bonds is 4. The molecule has 20 heavy (non-hydrogen) atoms. The van der Waals surface area contributed by atoms with E-state index in [1.807, 2.05) is 0 Å². The van der Waals surface area contributed by atoms with Crippen LogP contribution in [0.4, 0.5) is 5.69 Å². The monoisotopic (exact) mass is 298 g/mol. The summed E-state index contributed by atoms with van der Waals surface area (Å²) >= 11 is 0. The van der Waals surface area contributed by atoms with Gasteiger partial charge < -0.3 is 15.4 Å². The Bertz CT molecular complexity index is 627. The number of carbonyl (C=O) groups excluding carboxylic acids is 1. The van der Waals surface area contributed by atoms with Crippen molar-refractivity contribution in [1.29, 1.82) is 0 Å². The second-order valence-electron chi connectivity index (χ2n) is 4.71. The molecule has 1 atom stereocenters. The summed E-state index contributed by atoms with van der Waals surface area (Å²) in [6, 6.07) is 4.49. The number of benzene rings is 1. The van der Waals surface area contributed by atoms with Gasteiger partial charge in [-0.3, -0.25) is 4.79 Å². The zero-order valence-electron chi connectivity index (χ0n) is 11.5. The maximum Gasteiger partial charge on any atom is 0.241 e. The Morgan fingerprint density at radius 1 is 1.45 bits per heavy atom. The molecule has 0 aromatic heterocycles. The molecular formula is C13H18N2O4S. The number of likely N-dealkylation sites (tertiary alicyclic amines) is 1. The van der Waals surface area contributed by atoms with Crippen molar-refractivity contribution in [1.82, 2.24) is 4.90 Å². The highest BCUT2D eigenvalue weighted by Crippen LogP contribution is 2.30. The van der Waals surface area contributed by atoms with E-state index >= 15 is 0 Å². The fourth-order valence-electron chi connectivity index (χ4n) is 2.25. The van der Waals surface area contributed by atoms with E-state index in [1.165, 1.54) is 17.0 Å². The highest BCUT2D eigenvalue weighted by Gasteiger charge is 2.41. The molecule has 1 saturated heterocycles. The summed E-state index contributed by atoms with van der Waals surface area (Å²) in [6.45, 7) is 2.67. The molecule has 0 saturated carbocycles. The summed E-state index contributed by atoms with van der Waals surface area (Å²) in [6.07, 6.45) is 0.288. The number of nitrogens with zero attached hydrogens (tertiary/aromatic N) is 1. The molecule has 2 N–H and O–H groups in total. The third-order valence-corrected chi connectivity index (χ3v) is 5.51. The first-order chi connectivity index (χ1) is 9.37. The van der Waals surface area contributed by atoms with Crippen LogP contribution in [0.3, 0.4) is 0 Å². The highest BCUT2D eigenvalue weighted by molar-refractivity contribution is 7.93. The lowest BCUT2D eigenvalue weighted by atomic mass is 10.3. The molecule has 0 aliphatic carbocycles. The molecule has 1 unspecified atom stereocenters. The third kappa shape index (κ3) is 2.45. The molecule has 0 radical (unpaired) electrons. The smallest absolute Gasteiger partial charge is 0.241 e. The molecule has 1 aromatic rings. The van der Waals surface area contributed by atoms with Gasteiger partial charge in [-0.05, 0) is 25.5 Å². The topological polar surface area (TPSA) is 89.7 Å². The van der Waals surface area contributed by atoms with Crippen LogP contribution in [0.25, 0.3) is 0 Å². The lowest BCUT2D eigenvalue weighted by molar-refractivity contribution is -0.126. The number of carbonyl (C=O) groups is 1. The van der Waals surface area contributed by atoms with Crippen LogP contribution in [0, 0.1) is 0 Å². The second kappa shape index (κ2) is 5.32. The van der Waals surface area contributed by atoms with Crippen LogP contribution < -0.4 is 10.5 Å². The number of amides is 1. The Balaban J connectivity index is 2.44. The minimum atomic E-state index is -3.79. The van der Waals surface area contributed by atoms with Gasteiger partial charge in [-0.2, -0.15) is 0 Å². The number of nitrogen functional groups attached to an aromatic ring is 1. The van der Waals surface area contributed by atoms with Crippen LogP contribution in [0.5, 0.6) is 5.75 Å². The van der Waals surface area contributed by atoms with Crippen molar-refractivity contribution in [2.75, 3.05) is 25.9 Å². The van der Waals surface area contributed by atoms with E-state index in [2.05, 4.69) is 0 Å². The first kappa shape index (κ1) is 14.6. The van der Waals surface area contributed by atoms with Crippen molar-refractivity contribution in [2.24, 2.45) is 0 Å². The predicted octanol–water partition coefficient (Wildman–Crippen LogP) is 0.672. The third-order valence-electron chi connectivity index (χ3n) is 3.36. The van der Waals surface area contributed by atoms with Crippen molar-refractivity contribution in [3.8, 4) is 5.75 Å². The maximum absolute atomic E-state index is 12.6. The molecule has 6 nitrogen and oxygen atoms in total. The van der Waals surface area contributed by atoms with E-state index in [9.17, 15) is 13.2 Å². The van der Waals surface area contributed by atoms with Crippen LogP contribution >= 0.6 is 0 Å². The molecule has 0 bridgehead atoms. The van der Waals surface area contributed by atoms with Gasteiger partial charge in [0.15, 0.2) is 9.84 Å². The van der Waals surface area contributed by atoms with Crippen molar-refractivity contribution in [3.05, 3.63) is 18.2 Å². The first-order valence-corrected chi connectivity index (χ1v) is 7.93. The lowest BCUT2D eigenvalue weighted by Gasteiger charge is -2.14. The Labute approximate surface area is 118 Å². The molecule has 1 aliphatic rings. The van der Waals surface area contributed by atoms with Crippen LogP contribution in [0.2, 0.25) is 0 Å². The van der Waals surface area contributed by atoms with E-state index in [0.29, 0.717) is 18.9 Å². The maximum atomic E-state index is 12.6. The van der Waals surface area contributed by atoms with Crippen molar-refractivity contribution < 1.29 is 17.9 Å². The van der Waals surface area contributed by atoms with E-state index in [-0.39, 0.29) is 22.9 Å². The normalized spacial score (nSPS) is 19.4. The average Bonchev–Trinajstić information content (AvgIpc) is 2.73. The number of nitrogens with two attached hydrogens (primary N) is 1. The van der Waals surface area contributed by atoms with Crippen LogP contribution in [-0.4, -0.2) is 44.7 Å². The van der Waals surface area contributed by atoms with Gasteiger partial charge in [0.1, 0.15) is 11.0 Å².